The number of hydrazone groups is 2. The standard InChI is InChI=1S/C19H20ClF5N8O2/c1-4-33(32-35-19(23,24)25)18(34)29-9(2)16-14(22)5-10(8-28-16)12-6-11(20)7-13(21)15(12)17(30-26)31-27-3/h5-9,32H,3-4,26H2,1-2H3,(H,29,34)(H,30,31). The third-order valence-corrected chi connectivity index (χ3v) is 4.59. The average Bonchev–Trinajstić information content (AvgIpc) is 2.76. The Kier molecular flexibility index (Phi) is 9.27. The number of nitrogens with two attached hydrogens (primary N) is 1. The van der Waals surface area contributed by atoms with E-state index in [0.717, 1.165) is 12.1 Å². The summed E-state index contributed by atoms with van der Waals surface area (Å²) < 4.78 is 66.2. The number of amides is 2. The summed E-state index contributed by atoms with van der Waals surface area (Å²) in [6, 6.07) is 1.19. The van der Waals surface area contributed by atoms with Gasteiger partial charge in [-0.3, -0.25) is 10.4 Å². The van der Waals surface area contributed by atoms with E-state index in [1.807, 2.05) is 0 Å². The minimum atomic E-state index is -5.03. The van der Waals surface area contributed by atoms with Crippen LogP contribution in [0.2, 0.25) is 5.02 Å². The van der Waals surface area contributed by atoms with Gasteiger partial charge in [-0.2, -0.15) is 15.0 Å². The largest absolute Gasteiger partial charge is 0.540 e. The first-order valence-electron chi connectivity index (χ1n) is 9.65. The summed E-state index contributed by atoms with van der Waals surface area (Å²) in [5.41, 5.74) is 3.47. The topological polar surface area (TPSA) is 129 Å². The number of hydrogen-bond donors (Lipinski definition) is 4. The fourth-order valence-electron chi connectivity index (χ4n) is 2.87. The number of hydrogen-bond acceptors (Lipinski definition) is 7. The van der Waals surface area contributed by atoms with Gasteiger partial charge >= 0.3 is 12.4 Å². The van der Waals surface area contributed by atoms with Gasteiger partial charge in [0.25, 0.3) is 0 Å². The molecule has 16 heteroatoms. The van der Waals surface area contributed by atoms with Crippen LogP contribution in [0.5, 0.6) is 0 Å². The highest BCUT2D eigenvalue weighted by atomic mass is 35.5. The number of nitrogens with zero attached hydrogens (tertiary/aromatic N) is 4. The SMILES string of the molecule is C=NN/C(=N/N)c1c(F)cc(Cl)cc1-c1cnc(C(C)NC(=O)N(CC)NOC(F)(F)F)c(F)c1. The zero-order chi connectivity index (χ0) is 26.3. The molecule has 0 aliphatic heterocycles. The van der Waals surface area contributed by atoms with E-state index in [4.69, 9.17) is 17.4 Å². The van der Waals surface area contributed by atoms with E-state index in [9.17, 15) is 26.7 Å². The zero-order valence-electron chi connectivity index (χ0n) is 18.3. The molecule has 2 amide bonds. The van der Waals surface area contributed by atoms with Gasteiger partial charge in [-0.1, -0.05) is 17.2 Å². The minimum absolute atomic E-state index is 0.0115. The van der Waals surface area contributed by atoms with Crippen LogP contribution in [0, 0.1) is 11.6 Å². The molecule has 0 aliphatic rings. The molecule has 1 unspecified atom stereocenters. The molecule has 10 nitrogen and oxygen atoms in total. The van der Waals surface area contributed by atoms with Crippen LogP contribution < -0.4 is 22.2 Å². The first kappa shape index (κ1) is 27.7. The smallest absolute Gasteiger partial charge is 0.329 e. The molecule has 0 aliphatic carbocycles. The Labute approximate surface area is 200 Å². The Morgan fingerprint density at radius 2 is 2.00 bits per heavy atom. The molecular formula is C19H20ClF5N8O2. The molecule has 0 saturated carbocycles. The van der Waals surface area contributed by atoms with Crippen molar-refractivity contribution in [1.82, 2.24) is 26.3 Å². The molecule has 1 heterocycles. The van der Waals surface area contributed by atoms with Gasteiger partial charge in [-0.15, -0.1) is 13.2 Å². The number of hydrazine groups is 1. The van der Waals surface area contributed by atoms with Gasteiger partial charge in [0.05, 0.1) is 17.3 Å². The van der Waals surface area contributed by atoms with Crippen LogP contribution in [0.25, 0.3) is 11.1 Å². The van der Waals surface area contributed by atoms with Crippen LogP contribution in [0.3, 0.4) is 0 Å². The molecule has 190 valence electrons. The Morgan fingerprint density at radius 1 is 1.31 bits per heavy atom. The normalized spacial score (nSPS) is 12.7. The second-order valence-electron chi connectivity index (χ2n) is 6.70. The van der Waals surface area contributed by atoms with Gasteiger partial charge in [0, 0.05) is 30.0 Å². The van der Waals surface area contributed by atoms with Crippen molar-refractivity contribution in [3.05, 3.63) is 52.3 Å². The summed E-state index contributed by atoms with van der Waals surface area (Å²) in [4.78, 5) is 19.6. The molecule has 1 aromatic heterocycles. The highest BCUT2D eigenvalue weighted by Crippen LogP contribution is 2.31. The molecule has 2 rings (SSSR count). The van der Waals surface area contributed by atoms with E-state index in [1.165, 1.54) is 31.7 Å². The number of carbonyl (C=O) groups excluding carboxylic acids is 1. The van der Waals surface area contributed by atoms with E-state index < -0.39 is 30.1 Å². The fourth-order valence-corrected chi connectivity index (χ4v) is 3.07. The number of urea groups is 1. The van der Waals surface area contributed by atoms with Crippen LogP contribution >= 0.6 is 11.6 Å². The third kappa shape index (κ3) is 7.21. The van der Waals surface area contributed by atoms with Crippen molar-refractivity contribution in [2.24, 2.45) is 16.0 Å². The monoisotopic (exact) mass is 522 g/mol. The number of benzene rings is 1. The van der Waals surface area contributed by atoms with E-state index in [2.05, 4.69) is 37.5 Å². The summed E-state index contributed by atoms with van der Waals surface area (Å²) in [5, 5.41) is 9.56. The predicted octanol–water partition coefficient (Wildman–Crippen LogP) is 3.55. The van der Waals surface area contributed by atoms with Crippen LogP contribution in [-0.2, 0) is 4.84 Å². The molecule has 0 fully saturated rings. The van der Waals surface area contributed by atoms with Crippen molar-refractivity contribution in [2.75, 3.05) is 6.54 Å². The summed E-state index contributed by atoms with van der Waals surface area (Å²) in [7, 11) is 0. The second-order valence-corrected chi connectivity index (χ2v) is 7.14. The first-order valence-corrected chi connectivity index (χ1v) is 10.0. The summed E-state index contributed by atoms with van der Waals surface area (Å²) in [5.74, 6) is 3.32. The number of nitrogens with one attached hydrogen (secondary N) is 3. The van der Waals surface area contributed by atoms with Gasteiger partial charge in [0.2, 0.25) is 0 Å². The number of carbonyl (C=O) groups is 1. The van der Waals surface area contributed by atoms with Crippen molar-refractivity contribution in [3.8, 4) is 11.1 Å². The number of amidine groups is 1. The highest BCUT2D eigenvalue weighted by molar-refractivity contribution is 6.31. The molecule has 1 atom stereocenters. The Hall–Kier alpha value is -3.56. The number of pyridine rings is 1. The van der Waals surface area contributed by atoms with Gasteiger partial charge < -0.3 is 11.2 Å². The molecule has 0 radical (unpaired) electrons. The van der Waals surface area contributed by atoms with Gasteiger partial charge in [-0.25, -0.2) is 18.6 Å². The first-order chi connectivity index (χ1) is 16.4. The summed E-state index contributed by atoms with van der Waals surface area (Å²) in [6.07, 6.45) is -3.86. The molecule has 2 aromatic rings. The summed E-state index contributed by atoms with van der Waals surface area (Å²) >= 11 is 5.95. The number of aromatic nitrogens is 1. The maximum Gasteiger partial charge on any atom is 0.540 e. The fraction of sp³-hybridized carbons (Fsp3) is 0.263. The Balaban J connectivity index is 2.34. The van der Waals surface area contributed by atoms with Crippen LogP contribution in [0.1, 0.15) is 31.1 Å². The lowest BCUT2D eigenvalue weighted by Crippen LogP contribution is -2.50. The molecule has 0 saturated heterocycles. The van der Waals surface area contributed by atoms with Crippen molar-refractivity contribution >= 4 is 30.2 Å². The quantitative estimate of drug-likeness (QED) is 0.138. The summed E-state index contributed by atoms with van der Waals surface area (Å²) in [6.45, 7) is 5.72. The number of rotatable bonds is 8. The molecule has 0 bridgehead atoms. The van der Waals surface area contributed by atoms with Crippen molar-refractivity contribution in [3.63, 3.8) is 0 Å². The average molecular weight is 523 g/mol. The molecule has 1 aromatic carbocycles. The highest BCUT2D eigenvalue weighted by Gasteiger charge is 2.32. The van der Waals surface area contributed by atoms with Crippen LogP contribution in [0.4, 0.5) is 26.7 Å². The Bertz CT molecular complexity index is 1120. The van der Waals surface area contributed by atoms with E-state index in [-0.39, 0.29) is 39.8 Å². The lowest BCUT2D eigenvalue weighted by Gasteiger charge is -2.24. The van der Waals surface area contributed by atoms with Gasteiger partial charge in [0.15, 0.2) is 5.84 Å². The van der Waals surface area contributed by atoms with Crippen molar-refractivity contribution < 1.29 is 31.6 Å². The van der Waals surface area contributed by atoms with Crippen LogP contribution in [-0.4, -0.2) is 41.5 Å². The maximum absolute atomic E-state index is 14.9. The maximum atomic E-state index is 14.9. The van der Waals surface area contributed by atoms with Gasteiger partial charge in [-0.05, 0) is 37.6 Å². The number of halogens is 6. The van der Waals surface area contributed by atoms with E-state index in [1.54, 1.807) is 0 Å². The minimum Gasteiger partial charge on any atom is -0.329 e. The second kappa shape index (κ2) is 11.7. The lowest BCUT2D eigenvalue weighted by atomic mass is 9.99. The van der Waals surface area contributed by atoms with Crippen molar-refractivity contribution in [1.29, 1.82) is 0 Å². The number of alkyl halides is 3. The van der Waals surface area contributed by atoms with Crippen molar-refractivity contribution in [2.45, 2.75) is 26.3 Å². The van der Waals surface area contributed by atoms with E-state index in [0.29, 0.717) is 5.01 Å². The predicted molar refractivity (Wildman–Crippen MR) is 118 cm³/mol. The Morgan fingerprint density at radius 3 is 2.54 bits per heavy atom. The molecule has 35 heavy (non-hydrogen) atoms. The van der Waals surface area contributed by atoms with Crippen LogP contribution in [0.15, 0.2) is 34.6 Å². The molecular weight excluding hydrogens is 503 g/mol. The molecule has 0 spiro atoms. The lowest BCUT2D eigenvalue weighted by molar-refractivity contribution is -0.368. The third-order valence-electron chi connectivity index (χ3n) is 4.37. The van der Waals surface area contributed by atoms with E-state index >= 15 is 0 Å². The van der Waals surface area contributed by atoms with Gasteiger partial charge in [0.1, 0.15) is 11.6 Å². The zero-order valence-corrected chi connectivity index (χ0v) is 19.0. The molecule has 5 N–H and O–H groups in total.